The van der Waals surface area contributed by atoms with Gasteiger partial charge in [0.2, 0.25) is 6.20 Å². The van der Waals surface area contributed by atoms with Gasteiger partial charge in [-0.2, -0.15) is 22.0 Å². The van der Waals surface area contributed by atoms with E-state index in [-0.39, 0.29) is 5.75 Å². The molecule has 0 spiro atoms. The molecule has 2 aromatic heterocycles. The van der Waals surface area contributed by atoms with Gasteiger partial charge in [0.25, 0.3) is 5.69 Å². The van der Waals surface area contributed by atoms with Crippen molar-refractivity contribution < 1.29 is 36.3 Å². The number of aromatic nitrogens is 2. The fourth-order valence-corrected chi connectivity index (χ4v) is 2.94. The van der Waals surface area contributed by atoms with Crippen molar-refractivity contribution in [2.45, 2.75) is 23.9 Å². The molecule has 0 saturated heterocycles. The first kappa shape index (κ1) is 21.0. The zero-order chi connectivity index (χ0) is 20.2. The lowest BCUT2D eigenvalue weighted by molar-refractivity contribution is -0.877. The number of nitrogens with two attached hydrogens (primary N) is 1. The van der Waals surface area contributed by atoms with E-state index in [1.807, 2.05) is 6.92 Å². The Morgan fingerprint density at radius 1 is 1.22 bits per heavy atom. The molecule has 148 valence electrons. The molecule has 0 unspecified atom stereocenters. The molecule has 5 nitrogen and oxygen atoms in total. The third kappa shape index (κ3) is 4.90. The van der Waals surface area contributed by atoms with E-state index in [1.54, 1.807) is 6.07 Å². The van der Waals surface area contributed by atoms with Crippen LogP contribution >= 0.6 is 11.8 Å². The second kappa shape index (κ2) is 8.15. The Morgan fingerprint density at radius 2 is 1.93 bits per heavy atom. The smallest absolute Gasteiger partial charge is 0.456 e. The summed E-state index contributed by atoms with van der Waals surface area (Å²) in [6.45, 7) is 0.119. The van der Waals surface area contributed by atoms with Gasteiger partial charge in [-0.1, -0.05) is 6.92 Å². The molecule has 0 atom stereocenters. The van der Waals surface area contributed by atoms with E-state index in [4.69, 9.17) is 10.6 Å². The SMILES string of the molecule is CCSc1cc(N)c[n+](OC)c1-c1ccc(OCC(F)(F)C(F)(F)F)cn1. The van der Waals surface area contributed by atoms with Crippen LogP contribution in [0.25, 0.3) is 11.4 Å². The normalized spacial score (nSPS) is 12.1. The molecule has 11 heteroatoms. The van der Waals surface area contributed by atoms with Gasteiger partial charge in [-0.05, 0) is 24.0 Å². The number of thioether (sulfide) groups is 1. The van der Waals surface area contributed by atoms with Crippen molar-refractivity contribution in [3.05, 3.63) is 30.6 Å². The molecule has 0 fully saturated rings. The summed E-state index contributed by atoms with van der Waals surface area (Å²) in [7, 11) is 1.43. The molecule has 0 bridgehead atoms. The van der Waals surface area contributed by atoms with Gasteiger partial charge in [0.05, 0.1) is 11.1 Å². The topological polar surface area (TPSA) is 61.2 Å². The van der Waals surface area contributed by atoms with Crippen LogP contribution in [0.4, 0.5) is 27.6 Å². The van der Waals surface area contributed by atoms with Gasteiger partial charge in [0.15, 0.2) is 6.61 Å². The fourth-order valence-electron chi connectivity index (χ4n) is 2.08. The van der Waals surface area contributed by atoms with Crippen molar-refractivity contribution in [1.82, 2.24) is 4.98 Å². The largest absolute Gasteiger partial charge is 0.485 e. The van der Waals surface area contributed by atoms with Crippen molar-refractivity contribution >= 4 is 17.4 Å². The monoisotopic (exact) mass is 410 g/mol. The first-order chi connectivity index (χ1) is 12.6. The molecule has 0 saturated carbocycles. The number of halogens is 5. The molecular weight excluding hydrogens is 393 g/mol. The summed E-state index contributed by atoms with van der Waals surface area (Å²) in [5.74, 6) is -4.42. The molecule has 0 aromatic carbocycles. The van der Waals surface area contributed by atoms with Crippen molar-refractivity contribution in [3.63, 3.8) is 0 Å². The third-order valence-electron chi connectivity index (χ3n) is 3.33. The molecule has 0 radical (unpaired) electrons. The number of pyridine rings is 2. The number of alkyl halides is 5. The Labute approximate surface area is 156 Å². The number of nitrogen functional groups attached to an aromatic ring is 1. The molecule has 2 N–H and O–H groups in total. The van der Waals surface area contributed by atoms with Gasteiger partial charge in [-0.25, -0.2) is 4.98 Å². The minimum absolute atomic E-state index is 0.216. The lowest BCUT2D eigenvalue weighted by Crippen LogP contribution is -2.43. The van der Waals surface area contributed by atoms with Gasteiger partial charge < -0.3 is 10.5 Å². The minimum Gasteiger partial charge on any atom is -0.485 e. The van der Waals surface area contributed by atoms with Crippen LogP contribution in [0, 0.1) is 0 Å². The van der Waals surface area contributed by atoms with Crippen LogP contribution in [0.5, 0.6) is 5.75 Å². The Morgan fingerprint density at radius 3 is 2.44 bits per heavy atom. The lowest BCUT2D eigenvalue weighted by Gasteiger charge is -2.19. The number of rotatable bonds is 7. The van der Waals surface area contributed by atoms with Crippen LogP contribution in [0.1, 0.15) is 6.92 Å². The van der Waals surface area contributed by atoms with Crippen molar-refractivity contribution in [3.8, 4) is 17.1 Å². The molecule has 0 aliphatic heterocycles. The molecule has 0 amide bonds. The maximum atomic E-state index is 12.9. The summed E-state index contributed by atoms with van der Waals surface area (Å²) in [5.41, 5.74) is 7.26. The van der Waals surface area contributed by atoms with E-state index in [0.717, 1.165) is 16.8 Å². The van der Waals surface area contributed by atoms with E-state index in [2.05, 4.69) is 9.72 Å². The van der Waals surface area contributed by atoms with Gasteiger partial charge in [0, 0.05) is 4.73 Å². The highest BCUT2D eigenvalue weighted by atomic mass is 32.2. The summed E-state index contributed by atoms with van der Waals surface area (Å²) >= 11 is 1.48. The van der Waals surface area contributed by atoms with Crippen LogP contribution < -0.4 is 20.0 Å². The predicted molar refractivity (Wildman–Crippen MR) is 89.7 cm³/mol. The number of nitrogens with zero attached hydrogens (tertiary/aromatic N) is 2. The molecule has 0 aliphatic carbocycles. The average molecular weight is 410 g/mol. The number of anilines is 1. The van der Waals surface area contributed by atoms with Crippen molar-refractivity contribution in [2.75, 3.05) is 25.2 Å². The van der Waals surface area contributed by atoms with E-state index in [1.165, 1.54) is 41.9 Å². The molecular formula is C16H17F5N3O2S+. The van der Waals surface area contributed by atoms with E-state index >= 15 is 0 Å². The molecule has 27 heavy (non-hydrogen) atoms. The highest BCUT2D eigenvalue weighted by molar-refractivity contribution is 7.99. The quantitative estimate of drug-likeness (QED) is 0.431. The molecule has 2 aromatic rings. The fraction of sp³-hybridized carbons (Fsp3) is 0.375. The van der Waals surface area contributed by atoms with Crippen LogP contribution in [0.15, 0.2) is 35.5 Å². The maximum absolute atomic E-state index is 12.9. The van der Waals surface area contributed by atoms with Gasteiger partial charge >= 0.3 is 12.1 Å². The molecule has 2 heterocycles. The van der Waals surface area contributed by atoms with E-state index in [0.29, 0.717) is 17.1 Å². The van der Waals surface area contributed by atoms with E-state index in [9.17, 15) is 22.0 Å². The van der Waals surface area contributed by atoms with Crippen molar-refractivity contribution in [1.29, 1.82) is 0 Å². The second-order valence-electron chi connectivity index (χ2n) is 5.30. The second-order valence-corrected chi connectivity index (χ2v) is 6.60. The highest BCUT2D eigenvalue weighted by Crippen LogP contribution is 2.36. The minimum atomic E-state index is -5.68. The third-order valence-corrected chi connectivity index (χ3v) is 4.24. The predicted octanol–water partition coefficient (Wildman–Crippen LogP) is 3.37. The summed E-state index contributed by atoms with van der Waals surface area (Å²) in [6, 6.07) is 4.42. The first-order valence-electron chi connectivity index (χ1n) is 7.65. The summed E-state index contributed by atoms with van der Waals surface area (Å²) < 4.78 is 68.3. The van der Waals surface area contributed by atoms with Crippen LogP contribution in [0.3, 0.4) is 0 Å². The number of ether oxygens (including phenoxy) is 1. The Bertz CT molecular complexity index is 785. The zero-order valence-electron chi connectivity index (χ0n) is 14.4. The Balaban J connectivity index is 2.28. The number of hydrogen-bond acceptors (Lipinski definition) is 5. The Hall–Kier alpha value is -2.30. The number of hydrogen-bond donors (Lipinski definition) is 1. The summed E-state index contributed by atoms with van der Waals surface area (Å²) in [6.07, 6.45) is -3.08. The molecule has 2 rings (SSSR count). The maximum Gasteiger partial charge on any atom is 0.456 e. The standard InChI is InChI=1S/C16H17F5N3O2S/c1-3-27-13-6-10(22)8-24(25-2)14(13)12-5-4-11(7-23-12)26-9-15(17,18)16(19,20)21/h4-8H,3,9,22H2,1-2H3/q+1. The van der Waals surface area contributed by atoms with Gasteiger partial charge in [-0.3, -0.25) is 4.84 Å². The first-order valence-corrected chi connectivity index (χ1v) is 8.64. The van der Waals surface area contributed by atoms with Crippen LogP contribution in [-0.4, -0.2) is 36.6 Å². The van der Waals surface area contributed by atoms with Gasteiger partial charge in [0.1, 0.15) is 24.2 Å². The van der Waals surface area contributed by atoms with E-state index < -0.39 is 18.7 Å². The summed E-state index contributed by atoms with van der Waals surface area (Å²) in [4.78, 5) is 10.1. The average Bonchev–Trinajstić information content (AvgIpc) is 2.59. The van der Waals surface area contributed by atoms with Gasteiger partial charge in [-0.15, -0.1) is 11.8 Å². The van der Waals surface area contributed by atoms with Crippen LogP contribution in [0.2, 0.25) is 0 Å². The lowest BCUT2D eigenvalue weighted by atomic mass is 10.2. The van der Waals surface area contributed by atoms with Crippen LogP contribution in [-0.2, 0) is 0 Å². The highest BCUT2D eigenvalue weighted by Gasteiger charge is 2.58. The van der Waals surface area contributed by atoms with Crippen molar-refractivity contribution in [2.24, 2.45) is 0 Å². The molecule has 0 aliphatic rings. The zero-order valence-corrected chi connectivity index (χ0v) is 15.2. The summed E-state index contributed by atoms with van der Waals surface area (Å²) in [5, 5.41) is 0. The Kier molecular flexibility index (Phi) is 6.34.